The molecule has 0 saturated carbocycles. The minimum atomic E-state index is -0.574. The maximum atomic E-state index is 13.3. The molecule has 1 heterocycles. The first-order valence-corrected chi connectivity index (χ1v) is 5.49. The maximum absolute atomic E-state index is 13.3. The molecule has 0 saturated heterocycles. The van der Waals surface area contributed by atoms with Gasteiger partial charge >= 0.3 is 0 Å². The number of hydrogen-bond donors (Lipinski definition) is 1. The molecule has 0 aliphatic heterocycles. The van der Waals surface area contributed by atoms with Crippen LogP contribution >= 0.6 is 15.9 Å². The van der Waals surface area contributed by atoms with Gasteiger partial charge in [0.1, 0.15) is 10.4 Å². The highest BCUT2D eigenvalue weighted by Crippen LogP contribution is 2.10. The molecule has 0 aliphatic rings. The first-order chi connectivity index (χ1) is 8.16. The van der Waals surface area contributed by atoms with Gasteiger partial charge < -0.3 is 5.32 Å². The van der Waals surface area contributed by atoms with Crippen LogP contribution in [0.15, 0.2) is 41.3 Å². The quantitative estimate of drug-likeness (QED) is 0.927. The Hall–Kier alpha value is -1.82. The Morgan fingerprint density at radius 3 is 2.65 bits per heavy atom. The Morgan fingerprint density at radius 1 is 1.24 bits per heavy atom. The normalized spacial score (nSPS) is 10.0. The number of nitrogens with one attached hydrogen (secondary N) is 1. The van der Waals surface area contributed by atoms with Crippen molar-refractivity contribution in [3.05, 3.63) is 52.6 Å². The molecular formula is C11H7BrFN3O. The predicted octanol–water partition coefficient (Wildman–Crippen LogP) is 2.63. The van der Waals surface area contributed by atoms with Crippen molar-refractivity contribution >= 4 is 27.7 Å². The van der Waals surface area contributed by atoms with Crippen molar-refractivity contribution < 1.29 is 9.18 Å². The highest BCUT2D eigenvalue weighted by molar-refractivity contribution is 9.10. The van der Waals surface area contributed by atoms with E-state index in [1.807, 2.05) is 0 Å². The Labute approximate surface area is 105 Å². The van der Waals surface area contributed by atoms with Crippen molar-refractivity contribution in [3.8, 4) is 0 Å². The first-order valence-electron chi connectivity index (χ1n) is 4.70. The number of anilines is 1. The van der Waals surface area contributed by atoms with E-state index in [2.05, 4.69) is 31.2 Å². The van der Waals surface area contributed by atoms with E-state index in [4.69, 9.17) is 0 Å². The van der Waals surface area contributed by atoms with Crippen LogP contribution in [0.1, 0.15) is 10.4 Å². The molecule has 6 heteroatoms. The lowest BCUT2D eigenvalue weighted by Gasteiger charge is -2.04. The van der Waals surface area contributed by atoms with Crippen molar-refractivity contribution in [1.82, 2.24) is 9.97 Å². The number of nitrogens with zero attached hydrogens (tertiary/aromatic N) is 2. The lowest BCUT2D eigenvalue weighted by molar-refractivity contribution is 0.102. The molecule has 0 radical (unpaired) electrons. The van der Waals surface area contributed by atoms with Crippen molar-refractivity contribution in [1.29, 1.82) is 0 Å². The lowest BCUT2D eigenvalue weighted by atomic mass is 10.2. The summed E-state index contributed by atoms with van der Waals surface area (Å²) in [5.41, 5.74) is -0.0304. The standard InChI is InChI=1S/C11H7BrFN3O/c12-9-5-15-10(6-14-9)16-11(17)7-3-1-2-4-8(7)13/h1-6H,(H,15,16,17). The minimum absolute atomic E-state index is 0.0304. The van der Waals surface area contributed by atoms with Gasteiger partial charge in [0.25, 0.3) is 5.91 Å². The highest BCUT2D eigenvalue weighted by Gasteiger charge is 2.11. The molecule has 1 aromatic heterocycles. The lowest BCUT2D eigenvalue weighted by Crippen LogP contribution is -2.14. The Balaban J connectivity index is 2.17. The zero-order chi connectivity index (χ0) is 12.3. The zero-order valence-electron chi connectivity index (χ0n) is 8.52. The van der Waals surface area contributed by atoms with Crippen LogP contribution in [0.4, 0.5) is 10.2 Å². The van der Waals surface area contributed by atoms with E-state index in [1.165, 1.54) is 30.6 Å². The van der Waals surface area contributed by atoms with Crippen molar-refractivity contribution in [2.45, 2.75) is 0 Å². The molecule has 4 nitrogen and oxygen atoms in total. The van der Waals surface area contributed by atoms with Crippen molar-refractivity contribution in [2.75, 3.05) is 5.32 Å². The van der Waals surface area contributed by atoms with Gasteiger partial charge in [-0.3, -0.25) is 4.79 Å². The van der Waals surface area contributed by atoms with Gasteiger partial charge in [0.05, 0.1) is 18.0 Å². The molecule has 1 aromatic carbocycles. The van der Waals surface area contributed by atoms with E-state index in [0.29, 0.717) is 4.60 Å². The van der Waals surface area contributed by atoms with E-state index in [1.54, 1.807) is 6.07 Å². The third-order valence-electron chi connectivity index (χ3n) is 1.98. The highest BCUT2D eigenvalue weighted by atomic mass is 79.9. The summed E-state index contributed by atoms with van der Waals surface area (Å²) in [4.78, 5) is 19.5. The fraction of sp³-hybridized carbons (Fsp3) is 0. The molecule has 0 spiro atoms. The number of benzene rings is 1. The van der Waals surface area contributed by atoms with Crippen LogP contribution in [0.3, 0.4) is 0 Å². The fourth-order valence-electron chi connectivity index (χ4n) is 1.21. The van der Waals surface area contributed by atoms with E-state index < -0.39 is 11.7 Å². The third kappa shape index (κ3) is 2.85. The summed E-state index contributed by atoms with van der Waals surface area (Å²) in [6.45, 7) is 0. The molecule has 1 N–H and O–H groups in total. The van der Waals surface area contributed by atoms with Gasteiger partial charge in [-0.25, -0.2) is 14.4 Å². The number of amides is 1. The number of carbonyl (C=O) groups excluding carboxylic acids is 1. The van der Waals surface area contributed by atoms with Gasteiger partial charge in [-0.15, -0.1) is 0 Å². The Morgan fingerprint density at radius 2 is 2.00 bits per heavy atom. The summed E-state index contributed by atoms with van der Waals surface area (Å²) in [6.07, 6.45) is 2.82. The van der Waals surface area contributed by atoms with Crippen LogP contribution in [-0.4, -0.2) is 15.9 Å². The second-order valence-electron chi connectivity index (χ2n) is 3.16. The van der Waals surface area contributed by atoms with Crippen LogP contribution in [0.5, 0.6) is 0 Å². The van der Waals surface area contributed by atoms with Crippen LogP contribution < -0.4 is 5.32 Å². The third-order valence-corrected chi connectivity index (χ3v) is 2.39. The zero-order valence-corrected chi connectivity index (χ0v) is 10.1. The van der Waals surface area contributed by atoms with Crippen molar-refractivity contribution in [2.24, 2.45) is 0 Å². The molecule has 2 aromatic rings. The summed E-state index contributed by atoms with van der Waals surface area (Å²) in [5.74, 6) is -0.865. The predicted molar refractivity (Wildman–Crippen MR) is 64.1 cm³/mol. The van der Waals surface area contributed by atoms with Gasteiger partial charge in [0, 0.05) is 0 Å². The minimum Gasteiger partial charge on any atom is -0.305 e. The average Bonchev–Trinajstić information content (AvgIpc) is 2.32. The summed E-state index contributed by atoms with van der Waals surface area (Å²) in [6, 6.07) is 5.73. The molecule has 2 rings (SSSR count). The molecule has 0 bridgehead atoms. The molecule has 0 fully saturated rings. The number of carbonyl (C=O) groups is 1. The van der Waals surface area contributed by atoms with Crippen LogP contribution in [0.2, 0.25) is 0 Å². The monoisotopic (exact) mass is 295 g/mol. The van der Waals surface area contributed by atoms with Crippen LogP contribution in [-0.2, 0) is 0 Å². The van der Waals surface area contributed by atoms with Gasteiger partial charge in [-0.05, 0) is 28.1 Å². The second kappa shape index (κ2) is 5.01. The van der Waals surface area contributed by atoms with Crippen LogP contribution in [0.25, 0.3) is 0 Å². The number of aromatic nitrogens is 2. The smallest absolute Gasteiger partial charge is 0.259 e. The van der Waals surface area contributed by atoms with Gasteiger partial charge in [-0.2, -0.15) is 0 Å². The molecule has 1 amide bonds. The molecule has 86 valence electrons. The van der Waals surface area contributed by atoms with Gasteiger partial charge in [-0.1, -0.05) is 12.1 Å². The fourth-order valence-corrected chi connectivity index (χ4v) is 1.41. The van der Waals surface area contributed by atoms with Gasteiger partial charge in [0.15, 0.2) is 5.82 Å². The topological polar surface area (TPSA) is 54.9 Å². The number of hydrogen-bond acceptors (Lipinski definition) is 3. The van der Waals surface area contributed by atoms with E-state index in [0.717, 1.165) is 0 Å². The van der Waals surface area contributed by atoms with Gasteiger partial charge in [0.2, 0.25) is 0 Å². The Bertz CT molecular complexity index is 545. The van der Waals surface area contributed by atoms with Crippen molar-refractivity contribution in [3.63, 3.8) is 0 Å². The SMILES string of the molecule is O=C(Nc1cnc(Br)cn1)c1ccccc1F. The first kappa shape index (κ1) is 11.7. The number of rotatable bonds is 2. The largest absolute Gasteiger partial charge is 0.305 e. The van der Waals surface area contributed by atoms with E-state index >= 15 is 0 Å². The van der Waals surface area contributed by atoms with E-state index in [9.17, 15) is 9.18 Å². The molecule has 0 aliphatic carbocycles. The molecule has 17 heavy (non-hydrogen) atoms. The summed E-state index contributed by atoms with van der Waals surface area (Å²) < 4.78 is 13.9. The molecular weight excluding hydrogens is 289 g/mol. The summed E-state index contributed by atoms with van der Waals surface area (Å²) >= 11 is 3.12. The number of halogens is 2. The van der Waals surface area contributed by atoms with Crippen LogP contribution in [0, 0.1) is 5.82 Å². The maximum Gasteiger partial charge on any atom is 0.259 e. The second-order valence-corrected chi connectivity index (χ2v) is 3.97. The molecule has 0 atom stereocenters. The summed E-state index contributed by atoms with van der Waals surface area (Å²) in [5, 5.41) is 2.45. The van der Waals surface area contributed by atoms with E-state index in [-0.39, 0.29) is 11.4 Å². The summed E-state index contributed by atoms with van der Waals surface area (Å²) in [7, 11) is 0. The Kier molecular flexibility index (Phi) is 3.43. The average molecular weight is 296 g/mol. The molecule has 0 unspecified atom stereocenters.